The van der Waals surface area contributed by atoms with Crippen molar-refractivity contribution >= 4 is 0 Å². The van der Waals surface area contributed by atoms with Gasteiger partial charge in [-0.3, -0.25) is 0 Å². The Labute approximate surface area is 81.5 Å². The zero-order chi connectivity index (χ0) is 9.26. The largest absolute Gasteiger partial charge is 0.328 e. The van der Waals surface area contributed by atoms with Crippen molar-refractivity contribution in [3.8, 4) is 0 Å². The van der Waals surface area contributed by atoms with Crippen molar-refractivity contribution < 1.29 is 0 Å². The van der Waals surface area contributed by atoms with Gasteiger partial charge in [-0.05, 0) is 51.6 Å². The van der Waals surface area contributed by atoms with Crippen molar-refractivity contribution in [2.45, 2.75) is 51.1 Å². The Morgan fingerprint density at radius 3 is 2.69 bits per heavy atom. The van der Waals surface area contributed by atoms with Gasteiger partial charge in [0.15, 0.2) is 0 Å². The molecule has 2 saturated heterocycles. The normalized spacial score (nSPS) is 38.3. The van der Waals surface area contributed by atoms with E-state index in [4.69, 9.17) is 5.73 Å². The predicted octanol–water partition coefficient (Wildman–Crippen LogP) is 1.60. The molecule has 0 aliphatic carbocycles. The zero-order valence-electron chi connectivity index (χ0n) is 8.71. The van der Waals surface area contributed by atoms with Crippen molar-refractivity contribution in [3.05, 3.63) is 0 Å². The Kier molecular flexibility index (Phi) is 2.89. The molecule has 2 fully saturated rings. The lowest BCUT2D eigenvalue weighted by atomic mass is 9.80. The Balaban J connectivity index is 2.02. The summed E-state index contributed by atoms with van der Waals surface area (Å²) < 4.78 is 0. The Hall–Kier alpha value is -0.0800. The summed E-state index contributed by atoms with van der Waals surface area (Å²) in [7, 11) is 0. The van der Waals surface area contributed by atoms with Crippen LogP contribution in [0.3, 0.4) is 0 Å². The highest BCUT2D eigenvalue weighted by atomic mass is 15.2. The molecule has 3 unspecified atom stereocenters. The predicted molar refractivity (Wildman–Crippen MR) is 55.6 cm³/mol. The smallest absolute Gasteiger partial charge is 0.0138 e. The van der Waals surface area contributed by atoms with Crippen molar-refractivity contribution in [1.29, 1.82) is 0 Å². The molecule has 0 aromatic carbocycles. The molecule has 0 radical (unpaired) electrons. The van der Waals surface area contributed by atoms with Crippen LogP contribution < -0.4 is 5.73 Å². The lowest BCUT2D eigenvalue weighted by Crippen LogP contribution is -2.52. The first-order valence-electron chi connectivity index (χ1n) is 5.78. The molecule has 0 spiro atoms. The molecule has 2 nitrogen and oxygen atoms in total. The van der Waals surface area contributed by atoms with Crippen molar-refractivity contribution in [2.24, 2.45) is 11.7 Å². The lowest BCUT2D eigenvalue weighted by molar-refractivity contribution is 0.0506. The SMILES string of the molecule is CC(N)C1CCCN2CCCCC12. The van der Waals surface area contributed by atoms with Crippen molar-refractivity contribution in [3.63, 3.8) is 0 Å². The fourth-order valence-corrected chi connectivity index (χ4v) is 3.12. The van der Waals surface area contributed by atoms with Gasteiger partial charge in [0.25, 0.3) is 0 Å². The zero-order valence-corrected chi connectivity index (χ0v) is 8.71. The summed E-state index contributed by atoms with van der Waals surface area (Å²) in [6.07, 6.45) is 6.94. The van der Waals surface area contributed by atoms with Crippen LogP contribution in [-0.4, -0.2) is 30.1 Å². The highest BCUT2D eigenvalue weighted by molar-refractivity contribution is 4.90. The van der Waals surface area contributed by atoms with Crippen LogP contribution in [0.15, 0.2) is 0 Å². The second kappa shape index (κ2) is 3.97. The first-order valence-corrected chi connectivity index (χ1v) is 5.78. The summed E-state index contributed by atoms with van der Waals surface area (Å²) >= 11 is 0. The van der Waals surface area contributed by atoms with Crippen LogP contribution in [0.1, 0.15) is 39.0 Å². The average molecular weight is 182 g/mol. The highest BCUT2D eigenvalue weighted by Gasteiger charge is 2.34. The third-order valence-corrected chi connectivity index (χ3v) is 3.82. The minimum absolute atomic E-state index is 0.394. The van der Waals surface area contributed by atoms with Crippen LogP contribution in [0.4, 0.5) is 0 Å². The van der Waals surface area contributed by atoms with Gasteiger partial charge in [0.1, 0.15) is 0 Å². The summed E-state index contributed by atoms with van der Waals surface area (Å²) in [5.74, 6) is 0.772. The second-order valence-corrected chi connectivity index (χ2v) is 4.76. The van der Waals surface area contributed by atoms with Gasteiger partial charge in [-0.25, -0.2) is 0 Å². The van der Waals surface area contributed by atoms with Crippen LogP contribution in [0, 0.1) is 5.92 Å². The van der Waals surface area contributed by atoms with Crippen LogP contribution in [0.5, 0.6) is 0 Å². The molecular formula is C11H22N2. The fraction of sp³-hybridized carbons (Fsp3) is 1.00. The van der Waals surface area contributed by atoms with Gasteiger partial charge in [0.2, 0.25) is 0 Å². The first kappa shape index (κ1) is 9.47. The molecule has 2 heteroatoms. The summed E-state index contributed by atoms with van der Waals surface area (Å²) in [6.45, 7) is 4.84. The molecule has 2 rings (SSSR count). The van der Waals surface area contributed by atoms with E-state index in [9.17, 15) is 0 Å². The molecule has 3 atom stereocenters. The van der Waals surface area contributed by atoms with Gasteiger partial charge in [-0.1, -0.05) is 6.42 Å². The van der Waals surface area contributed by atoms with Crippen LogP contribution >= 0.6 is 0 Å². The maximum absolute atomic E-state index is 6.05. The Morgan fingerprint density at radius 2 is 1.92 bits per heavy atom. The van der Waals surface area contributed by atoms with E-state index in [-0.39, 0.29) is 0 Å². The summed E-state index contributed by atoms with van der Waals surface area (Å²) in [5.41, 5.74) is 6.05. The maximum atomic E-state index is 6.05. The van der Waals surface area contributed by atoms with E-state index in [1.807, 2.05) is 0 Å². The monoisotopic (exact) mass is 182 g/mol. The van der Waals surface area contributed by atoms with Crippen molar-refractivity contribution in [1.82, 2.24) is 4.90 Å². The highest BCUT2D eigenvalue weighted by Crippen LogP contribution is 2.31. The number of nitrogens with zero attached hydrogens (tertiary/aromatic N) is 1. The molecular weight excluding hydrogens is 160 g/mol. The third-order valence-electron chi connectivity index (χ3n) is 3.82. The minimum atomic E-state index is 0.394. The molecule has 76 valence electrons. The lowest BCUT2D eigenvalue weighted by Gasteiger charge is -2.45. The van der Waals surface area contributed by atoms with Gasteiger partial charge < -0.3 is 10.6 Å². The van der Waals surface area contributed by atoms with Crippen LogP contribution in [0.2, 0.25) is 0 Å². The first-order chi connectivity index (χ1) is 6.29. The Bertz CT molecular complexity index is 165. The van der Waals surface area contributed by atoms with E-state index >= 15 is 0 Å². The van der Waals surface area contributed by atoms with Gasteiger partial charge >= 0.3 is 0 Å². The van der Waals surface area contributed by atoms with E-state index in [0.717, 1.165) is 12.0 Å². The molecule has 13 heavy (non-hydrogen) atoms. The molecule has 2 N–H and O–H groups in total. The molecule has 0 aromatic rings. The number of fused-ring (bicyclic) bond motifs is 1. The molecule has 2 heterocycles. The summed E-state index contributed by atoms with van der Waals surface area (Å²) in [6, 6.07) is 1.22. The Morgan fingerprint density at radius 1 is 1.15 bits per heavy atom. The number of piperidine rings is 2. The average Bonchev–Trinajstić information content (AvgIpc) is 2.17. The van der Waals surface area contributed by atoms with Crippen LogP contribution in [0.25, 0.3) is 0 Å². The van der Waals surface area contributed by atoms with E-state index in [1.54, 1.807) is 0 Å². The summed E-state index contributed by atoms with van der Waals surface area (Å²) in [4.78, 5) is 2.68. The van der Waals surface area contributed by atoms with E-state index < -0.39 is 0 Å². The molecule has 0 bridgehead atoms. The van der Waals surface area contributed by atoms with Gasteiger partial charge in [-0.15, -0.1) is 0 Å². The standard InChI is InChI=1S/C11H22N2/c1-9(12)10-5-4-8-13-7-3-2-6-11(10)13/h9-11H,2-8,12H2,1H3. The van der Waals surface area contributed by atoms with Gasteiger partial charge in [0.05, 0.1) is 0 Å². The van der Waals surface area contributed by atoms with Gasteiger partial charge in [-0.2, -0.15) is 0 Å². The fourth-order valence-electron chi connectivity index (χ4n) is 3.12. The van der Waals surface area contributed by atoms with E-state index in [2.05, 4.69) is 11.8 Å². The minimum Gasteiger partial charge on any atom is -0.328 e. The third kappa shape index (κ3) is 1.89. The number of nitrogens with two attached hydrogens (primary N) is 1. The van der Waals surface area contributed by atoms with Gasteiger partial charge in [0, 0.05) is 12.1 Å². The molecule has 2 aliphatic rings. The number of rotatable bonds is 1. The summed E-state index contributed by atoms with van der Waals surface area (Å²) in [5, 5.41) is 0. The molecule has 0 saturated carbocycles. The van der Waals surface area contributed by atoms with Crippen LogP contribution in [-0.2, 0) is 0 Å². The molecule has 0 amide bonds. The number of hydrogen-bond acceptors (Lipinski definition) is 2. The van der Waals surface area contributed by atoms with E-state index in [0.29, 0.717) is 6.04 Å². The van der Waals surface area contributed by atoms with Crippen molar-refractivity contribution in [2.75, 3.05) is 13.1 Å². The maximum Gasteiger partial charge on any atom is 0.0138 e. The molecule has 0 aromatic heterocycles. The van der Waals surface area contributed by atoms with E-state index in [1.165, 1.54) is 45.2 Å². The molecule has 2 aliphatic heterocycles. The second-order valence-electron chi connectivity index (χ2n) is 4.76. The topological polar surface area (TPSA) is 29.3 Å². The quantitative estimate of drug-likeness (QED) is 0.667. The number of hydrogen-bond donors (Lipinski definition) is 1.